The molecule has 1 fully saturated rings. The first kappa shape index (κ1) is 18.6. The maximum atomic E-state index is 12.0. The molecule has 2 atom stereocenters. The Balaban J connectivity index is 1.66. The van der Waals surface area contributed by atoms with Crippen molar-refractivity contribution in [1.82, 2.24) is 10.2 Å². The van der Waals surface area contributed by atoms with Crippen LogP contribution in [0.4, 0.5) is 0 Å². The van der Waals surface area contributed by atoms with E-state index in [1.165, 1.54) is 12.8 Å². The molecule has 1 amide bonds. The Morgan fingerprint density at radius 1 is 1.38 bits per heavy atom. The predicted octanol–water partition coefficient (Wildman–Crippen LogP) is 2.70. The van der Waals surface area contributed by atoms with Gasteiger partial charge in [0, 0.05) is 19.1 Å². The quantitative estimate of drug-likeness (QED) is 0.794. The second-order valence-corrected chi connectivity index (χ2v) is 6.64. The monoisotopic (exact) mass is 334 g/mol. The van der Waals surface area contributed by atoms with E-state index in [1.807, 2.05) is 24.3 Å². The van der Waals surface area contributed by atoms with E-state index in [-0.39, 0.29) is 5.91 Å². The zero-order valence-corrected chi connectivity index (χ0v) is 15.1. The molecule has 1 aliphatic rings. The van der Waals surface area contributed by atoms with Crippen LogP contribution in [0.25, 0.3) is 0 Å². The van der Waals surface area contributed by atoms with Gasteiger partial charge < -0.3 is 14.8 Å². The number of ether oxygens (including phenoxy) is 2. The molecular weight excluding hydrogens is 304 g/mol. The Kier molecular flexibility index (Phi) is 7.37. The number of methoxy groups -OCH3 is 1. The van der Waals surface area contributed by atoms with Crippen molar-refractivity contribution in [1.29, 1.82) is 0 Å². The molecule has 1 saturated heterocycles. The number of nitrogens with zero attached hydrogens (tertiary/aromatic N) is 1. The van der Waals surface area contributed by atoms with Crippen LogP contribution >= 0.6 is 0 Å². The average Bonchev–Trinajstić information content (AvgIpc) is 2.60. The Bertz CT molecular complexity index is 521. The van der Waals surface area contributed by atoms with Gasteiger partial charge in [-0.1, -0.05) is 19.1 Å². The highest BCUT2D eigenvalue weighted by Crippen LogP contribution is 2.25. The van der Waals surface area contributed by atoms with Crippen molar-refractivity contribution in [2.45, 2.75) is 39.2 Å². The molecule has 0 aliphatic carbocycles. The minimum atomic E-state index is 0.0294. The van der Waals surface area contributed by atoms with Crippen LogP contribution in [0, 0.1) is 5.92 Å². The van der Waals surface area contributed by atoms with E-state index in [1.54, 1.807) is 7.11 Å². The Morgan fingerprint density at radius 3 is 2.83 bits per heavy atom. The minimum Gasteiger partial charge on any atom is -0.493 e. The van der Waals surface area contributed by atoms with Crippen LogP contribution in [0.2, 0.25) is 0 Å². The number of rotatable bonds is 8. The lowest BCUT2D eigenvalue weighted by atomic mass is 9.99. The van der Waals surface area contributed by atoms with Gasteiger partial charge in [-0.3, -0.25) is 9.69 Å². The first-order valence-electron chi connectivity index (χ1n) is 8.86. The third kappa shape index (κ3) is 5.71. The van der Waals surface area contributed by atoms with Gasteiger partial charge in [0.1, 0.15) is 0 Å². The Labute approximate surface area is 145 Å². The summed E-state index contributed by atoms with van der Waals surface area (Å²) in [6.07, 6.45) is 2.92. The molecule has 5 heteroatoms. The molecule has 2 rings (SSSR count). The van der Waals surface area contributed by atoms with E-state index in [9.17, 15) is 4.79 Å². The predicted molar refractivity (Wildman–Crippen MR) is 95.5 cm³/mol. The smallest absolute Gasteiger partial charge is 0.223 e. The van der Waals surface area contributed by atoms with Gasteiger partial charge in [-0.2, -0.15) is 0 Å². The Morgan fingerprint density at radius 2 is 2.12 bits per heavy atom. The molecule has 0 unspecified atom stereocenters. The second kappa shape index (κ2) is 9.52. The van der Waals surface area contributed by atoms with Crippen molar-refractivity contribution < 1.29 is 14.3 Å². The van der Waals surface area contributed by atoms with Crippen LogP contribution in [0.5, 0.6) is 11.5 Å². The molecule has 24 heavy (non-hydrogen) atoms. The molecule has 0 aromatic heterocycles. The summed E-state index contributed by atoms with van der Waals surface area (Å²) in [4.78, 5) is 14.5. The normalized spacial score (nSPS) is 19.5. The van der Waals surface area contributed by atoms with Gasteiger partial charge in [0.05, 0.1) is 20.1 Å². The highest BCUT2D eigenvalue weighted by atomic mass is 16.5. The van der Waals surface area contributed by atoms with Gasteiger partial charge >= 0.3 is 0 Å². The average molecular weight is 334 g/mol. The second-order valence-electron chi connectivity index (χ2n) is 6.64. The summed E-state index contributed by atoms with van der Waals surface area (Å²) in [6.45, 7) is 7.80. The van der Waals surface area contributed by atoms with Crippen molar-refractivity contribution in [2.24, 2.45) is 5.92 Å². The maximum Gasteiger partial charge on any atom is 0.223 e. The fourth-order valence-corrected chi connectivity index (χ4v) is 3.10. The number of benzene rings is 1. The zero-order chi connectivity index (χ0) is 17.4. The lowest BCUT2D eigenvalue weighted by Crippen LogP contribution is -2.46. The summed E-state index contributed by atoms with van der Waals surface area (Å²) in [7, 11) is 1.61. The van der Waals surface area contributed by atoms with E-state index in [0.717, 1.165) is 19.0 Å². The van der Waals surface area contributed by atoms with Gasteiger partial charge in [0.25, 0.3) is 0 Å². The third-order valence-corrected chi connectivity index (χ3v) is 4.56. The summed E-state index contributed by atoms with van der Waals surface area (Å²) in [6, 6.07) is 7.85. The van der Waals surface area contributed by atoms with Gasteiger partial charge in [-0.25, -0.2) is 0 Å². The fourth-order valence-electron chi connectivity index (χ4n) is 3.10. The molecule has 1 aromatic rings. The molecule has 1 aromatic carbocycles. The summed E-state index contributed by atoms with van der Waals surface area (Å²) in [5.74, 6) is 2.14. The maximum absolute atomic E-state index is 12.0. The molecule has 0 spiro atoms. The molecule has 0 bridgehead atoms. The van der Waals surface area contributed by atoms with Crippen molar-refractivity contribution in [3.8, 4) is 11.5 Å². The highest BCUT2D eigenvalue weighted by molar-refractivity contribution is 5.76. The number of nitrogens with one attached hydrogen (secondary N) is 1. The van der Waals surface area contributed by atoms with E-state index in [2.05, 4.69) is 24.1 Å². The largest absolute Gasteiger partial charge is 0.493 e. The molecule has 5 nitrogen and oxygen atoms in total. The highest BCUT2D eigenvalue weighted by Gasteiger charge is 2.21. The van der Waals surface area contributed by atoms with Crippen LogP contribution in [0.15, 0.2) is 24.3 Å². The lowest BCUT2D eigenvalue weighted by Gasteiger charge is -2.35. The molecule has 1 aliphatic heterocycles. The number of carbonyl (C=O) groups excluding carboxylic acids is 1. The van der Waals surface area contributed by atoms with Gasteiger partial charge in [-0.05, 0) is 44.4 Å². The van der Waals surface area contributed by atoms with Crippen molar-refractivity contribution >= 4 is 5.91 Å². The number of likely N-dealkylation sites (tertiary alicyclic amines) is 1. The van der Waals surface area contributed by atoms with Crippen molar-refractivity contribution in [3.05, 3.63) is 24.3 Å². The SMILES string of the molecule is COc1ccccc1OCCC(=O)NC[C@H](C)N1CCC[C@@H](C)C1. The van der Waals surface area contributed by atoms with Gasteiger partial charge in [-0.15, -0.1) is 0 Å². The first-order chi connectivity index (χ1) is 11.6. The number of para-hydroxylation sites is 2. The Hall–Kier alpha value is -1.75. The van der Waals surface area contributed by atoms with Crippen LogP contribution in [-0.2, 0) is 4.79 Å². The van der Waals surface area contributed by atoms with Crippen LogP contribution < -0.4 is 14.8 Å². The standard InChI is InChI=1S/C19H30N2O3/c1-15-7-6-11-21(14-15)16(2)13-20-19(22)10-12-24-18-9-5-4-8-17(18)23-3/h4-5,8-9,15-16H,6-7,10-14H2,1-3H3,(H,20,22)/t15-,16+/m1/s1. The molecule has 1 heterocycles. The summed E-state index contributed by atoms with van der Waals surface area (Å²) in [5.41, 5.74) is 0. The summed E-state index contributed by atoms with van der Waals surface area (Å²) in [5, 5.41) is 3.02. The number of carbonyl (C=O) groups is 1. The molecule has 1 N–H and O–H groups in total. The third-order valence-electron chi connectivity index (χ3n) is 4.56. The fraction of sp³-hybridized carbons (Fsp3) is 0.632. The summed E-state index contributed by atoms with van der Waals surface area (Å²) >= 11 is 0. The van der Waals surface area contributed by atoms with Crippen molar-refractivity contribution in [2.75, 3.05) is 33.4 Å². The molecule has 134 valence electrons. The molecular formula is C19H30N2O3. The first-order valence-corrected chi connectivity index (χ1v) is 8.86. The van der Waals surface area contributed by atoms with Crippen LogP contribution in [0.3, 0.4) is 0 Å². The molecule has 0 saturated carbocycles. The number of hydrogen-bond donors (Lipinski definition) is 1. The minimum absolute atomic E-state index is 0.0294. The van der Waals surface area contributed by atoms with Gasteiger partial charge in [0.15, 0.2) is 11.5 Å². The molecule has 0 radical (unpaired) electrons. The lowest BCUT2D eigenvalue weighted by molar-refractivity contribution is -0.121. The zero-order valence-electron chi connectivity index (χ0n) is 15.1. The van der Waals surface area contributed by atoms with Crippen molar-refractivity contribution in [3.63, 3.8) is 0 Å². The topological polar surface area (TPSA) is 50.8 Å². The van der Waals surface area contributed by atoms with E-state index < -0.39 is 0 Å². The van der Waals surface area contributed by atoms with Crippen LogP contribution in [0.1, 0.15) is 33.1 Å². The number of hydrogen-bond acceptors (Lipinski definition) is 4. The van der Waals surface area contributed by atoms with E-state index in [4.69, 9.17) is 9.47 Å². The van der Waals surface area contributed by atoms with E-state index >= 15 is 0 Å². The van der Waals surface area contributed by atoms with Gasteiger partial charge in [0.2, 0.25) is 5.91 Å². The number of piperidine rings is 1. The van der Waals surface area contributed by atoms with Crippen LogP contribution in [-0.4, -0.2) is 50.2 Å². The van der Waals surface area contributed by atoms with E-state index in [0.29, 0.717) is 37.1 Å². The number of amides is 1. The summed E-state index contributed by atoms with van der Waals surface area (Å²) < 4.78 is 10.9.